The third-order valence-electron chi connectivity index (χ3n) is 2.80. The summed E-state index contributed by atoms with van der Waals surface area (Å²) in [7, 11) is -2.43. The van der Waals surface area contributed by atoms with Crippen molar-refractivity contribution >= 4 is 21.7 Å². The number of aromatic carboxylic acids is 1. The largest absolute Gasteiger partial charge is 0.478 e. The van der Waals surface area contributed by atoms with Crippen LogP contribution in [0.4, 0.5) is 5.69 Å². The minimum absolute atomic E-state index is 0.204. The summed E-state index contributed by atoms with van der Waals surface area (Å²) in [4.78, 5) is 10.9. The maximum Gasteiger partial charge on any atom is 0.337 e. The van der Waals surface area contributed by atoms with E-state index in [9.17, 15) is 13.2 Å². The molecule has 0 aliphatic rings. The fourth-order valence-electron chi connectivity index (χ4n) is 1.69. The summed E-state index contributed by atoms with van der Waals surface area (Å²) in [6.07, 6.45) is 3.01. The smallest absolute Gasteiger partial charge is 0.337 e. The topological polar surface area (TPSA) is 101 Å². The number of unbranched alkanes of at least 4 members (excludes halogenated alkanes) is 1. The average Bonchev–Trinajstić information content (AvgIpc) is 2.38. The van der Waals surface area contributed by atoms with E-state index in [4.69, 9.17) is 10.8 Å². The van der Waals surface area contributed by atoms with Crippen molar-refractivity contribution in [3.8, 4) is 0 Å². The number of allylic oxidation sites excluding steroid dienone is 1. The number of hydrogen-bond acceptors (Lipinski definition) is 4. The Kier molecular flexibility index (Phi) is 5.29. The van der Waals surface area contributed by atoms with Crippen LogP contribution in [0.5, 0.6) is 0 Å². The molecule has 0 aromatic heterocycles. The van der Waals surface area contributed by atoms with E-state index in [1.807, 2.05) is 0 Å². The number of rotatable bonds is 7. The lowest BCUT2D eigenvalue weighted by Gasteiger charge is -2.18. The molecule has 20 heavy (non-hydrogen) atoms. The zero-order chi connectivity index (χ0) is 15.3. The molecule has 0 saturated heterocycles. The van der Waals surface area contributed by atoms with E-state index in [-0.39, 0.29) is 22.7 Å². The molecule has 1 aromatic carbocycles. The van der Waals surface area contributed by atoms with Crippen LogP contribution in [0, 0.1) is 0 Å². The Morgan fingerprint density at radius 3 is 2.70 bits per heavy atom. The van der Waals surface area contributed by atoms with Crippen molar-refractivity contribution in [2.75, 3.05) is 19.3 Å². The van der Waals surface area contributed by atoms with E-state index >= 15 is 0 Å². The Bertz CT molecular complexity index is 611. The van der Waals surface area contributed by atoms with Gasteiger partial charge in [0.15, 0.2) is 0 Å². The van der Waals surface area contributed by atoms with E-state index in [1.165, 1.54) is 19.2 Å². The number of benzene rings is 1. The number of hydrogen-bond donors (Lipinski definition) is 2. The van der Waals surface area contributed by atoms with Crippen LogP contribution in [0.25, 0.3) is 0 Å². The summed E-state index contributed by atoms with van der Waals surface area (Å²) in [5.74, 6) is -1.32. The highest BCUT2D eigenvalue weighted by Crippen LogP contribution is 2.22. The Balaban J connectivity index is 3.15. The first-order valence-electron chi connectivity index (χ1n) is 6.00. The molecule has 6 nitrogen and oxygen atoms in total. The van der Waals surface area contributed by atoms with Gasteiger partial charge in [0.25, 0.3) is 0 Å². The first kappa shape index (κ1) is 16.2. The predicted molar refractivity (Wildman–Crippen MR) is 77.1 cm³/mol. The number of carbonyl (C=O) groups is 1. The van der Waals surface area contributed by atoms with Gasteiger partial charge in [-0.25, -0.2) is 17.5 Å². The molecule has 0 heterocycles. The molecule has 110 valence electrons. The quantitative estimate of drug-likeness (QED) is 0.452. The number of sulfonamides is 1. The van der Waals surface area contributed by atoms with Crippen molar-refractivity contribution in [3.05, 3.63) is 36.4 Å². The van der Waals surface area contributed by atoms with Crippen molar-refractivity contribution in [2.24, 2.45) is 0 Å². The van der Waals surface area contributed by atoms with Crippen molar-refractivity contribution in [1.82, 2.24) is 4.31 Å². The Morgan fingerprint density at radius 2 is 2.15 bits per heavy atom. The molecule has 0 unspecified atom stereocenters. The number of carboxylic acid groups (broad SMARTS) is 1. The van der Waals surface area contributed by atoms with E-state index in [2.05, 4.69) is 6.58 Å². The van der Waals surface area contributed by atoms with Gasteiger partial charge in [0, 0.05) is 19.3 Å². The van der Waals surface area contributed by atoms with Gasteiger partial charge in [-0.1, -0.05) is 6.08 Å². The average molecular weight is 298 g/mol. The Hall–Kier alpha value is -1.86. The molecular weight excluding hydrogens is 280 g/mol. The molecule has 3 N–H and O–H groups in total. The van der Waals surface area contributed by atoms with Crippen LogP contribution >= 0.6 is 0 Å². The van der Waals surface area contributed by atoms with Crippen LogP contribution in [0.3, 0.4) is 0 Å². The fraction of sp³-hybridized carbons (Fsp3) is 0.308. The van der Waals surface area contributed by atoms with Gasteiger partial charge in [-0.3, -0.25) is 0 Å². The van der Waals surface area contributed by atoms with Gasteiger partial charge in [-0.05, 0) is 31.0 Å². The lowest BCUT2D eigenvalue weighted by Crippen LogP contribution is -2.29. The second-order valence-electron chi connectivity index (χ2n) is 4.32. The van der Waals surface area contributed by atoms with Crippen LogP contribution in [-0.2, 0) is 10.0 Å². The number of nitrogens with zero attached hydrogens (tertiary/aromatic N) is 1. The number of anilines is 1. The summed E-state index contributed by atoms with van der Waals surface area (Å²) >= 11 is 0. The number of nitrogen functional groups attached to an aromatic ring is 1. The monoisotopic (exact) mass is 298 g/mol. The second-order valence-corrected chi connectivity index (χ2v) is 6.33. The molecule has 0 spiro atoms. The molecule has 7 heteroatoms. The zero-order valence-corrected chi connectivity index (χ0v) is 12.1. The standard InChI is InChI=1S/C13H18N2O4S/c1-3-4-5-8-15(2)20(18,19)12-7-6-10(14)9-11(12)13(16)17/h3,6-7,9H,1,4-5,8,14H2,2H3,(H,16,17). The van der Waals surface area contributed by atoms with Crippen molar-refractivity contribution in [3.63, 3.8) is 0 Å². The summed E-state index contributed by atoms with van der Waals surface area (Å²) in [6, 6.07) is 3.74. The van der Waals surface area contributed by atoms with Crippen LogP contribution in [-0.4, -0.2) is 37.4 Å². The molecule has 1 rings (SSSR count). The van der Waals surface area contributed by atoms with E-state index in [1.54, 1.807) is 6.08 Å². The van der Waals surface area contributed by atoms with Gasteiger partial charge in [0.2, 0.25) is 10.0 Å². The van der Waals surface area contributed by atoms with Crippen LogP contribution < -0.4 is 5.73 Å². The number of nitrogens with two attached hydrogens (primary N) is 1. The Morgan fingerprint density at radius 1 is 1.50 bits per heavy atom. The van der Waals surface area contributed by atoms with Crippen LogP contribution in [0.1, 0.15) is 23.2 Å². The molecule has 0 atom stereocenters. The highest BCUT2D eigenvalue weighted by molar-refractivity contribution is 7.89. The third kappa shape index (κ3) is 3.58. The minimum atomic E-state index is -3.85. The molecule has 1 aromatic rings. The zero-order valence-electron chi connectivity index (χ0n) is 11.2. The SMILES string of the molecule is C=CCCCN(C)S(=O)(=O)c1ccc(N)cc1C(=O)O. The van der Waals surface area contributed by atoms with Gasteiger partial charge in [-0.2, -0.15) is 0 Å². The van der Waals surface area contributed by atoms with Gasteiger partial charge >= 0.3 is 5.97 Å². The lowest BCUT2D eigenvalue weighted by molar-refractivity contribution is 0.0692. The highest BCUT2D eigenvalue weighted by Gasteiger charge is 2.26. The van der Waals surface area contributed by atoms with Gasteiger partial charge in [0.05, 0.1) is 10.5 Å². The van der Waals surface area contributed by atoms with E-state index < -0.39 is 16.0 Å². The van der Waals surface area contributed by atoms with Gasteiger partial charge < -0.3 is 10.8 Å². The van der Waals surface area contributed by atoms with Gasteiger partial charge in [-0.15, -0.1) is 6.58 Å². The first-order chi connectivity index (χ1) is 9.30. The maximum atomic E-state index is 12.4. The molecule has 0 bridgehead atoms. The third-order valence-corrected chi connectivity index (χ3v) is 4.72. The fourth-order valence-corrected chi connectivity index (χ4v) is 3.06. The molecular formula is C13H18N2O4S. The molecule has 0 amide bonds. The molecule has 0 fully saturated rings. The highest BCUT2D eigenvalue weighted by atomic mass is 32.2. The lowest BCUT2D eigenvalue weighted by atomic mass is 10.2. The van der Waals surface area contributed by atoms with Gasteiger partial charge in [0.1, 0.15) is 0 Å². The van der Waals surface area contributed by atoms with E-state index in [0.29, 0.717) is 12.8 Å². The summed E-state index contributed by atoms with van der Waals surface area (Å²) in [6.45, 7) is 3.85. The molecule has 0 aliphatic carbocycles. The van der Waals surface area contributed by atoms with Crippen LogP contribution in [0.2, 0.25) is 0 Å². The van der Waals surface area contributed by atoms with Crippen molar-refractivity contribution < 1.29 is 18.3 Å². The molecule has 0 aliphatic heterocycles. The van der Waals surface area contributed by atoms with E-state index in [0.717, 1.165) is 10.4 Å². The minimum Gasteiger partial charge on any atom is -0.478 e. The first-order valence-corrected chi connectivity index (χ1v) is 7.44. The summed E-state index contributed by atoms with van der Waals surface area (Å²) in [5, 5.41) is 9.10. The summed E-state index contributed by atoms with van der Waals surface area (Å²) in [5.41, 5.74) is 5.39. The maximum absolute atomic E-state index is 12.4. The predicted octanol–water partition coefficient (Wildman–Crippen LogP) is 1.55. The normalized spacial score (nSPS) is 11.5. The Labute approximate surface area is 118 Å². The number of carboxylic acids is 1. The van der Waals surface area contributed by atoms with Crippen LogP contribution in [0.15, 0.2) is 35.7 Å². The molecule has 0 radical (unpaired) electrons. The second kappa shape index (κ2) is 6.53. The van der Waals surface area contributed by atoms with Crippen molar-refractivity contribution in [2.45, 2.75) is 17.7 Å². The molecule has 0 saturated carbocycles. The van der Waals surface area contributed by atoms with Crippen molar-refractivity contribution in [1.29, 1.82) is 0 Å². The summed E-state index contributed by atoms with van der Waals surface area (Å²) < 4.78 is 25.9.